The first-order valence-electron chi connectivity index (χ1n) is 13.7. The van der Waals surface area contributed by atoms with Gasteiger partial charge in [0.15, 0.2) is 17.0 Å². The molecule has 7 N–H and O–H groups in total. The molecular weight excluding hydrogens is 603 g/mol. The molecule has 0 saturated carbocycles. The van der Waals surface area contributed by atoms with E-state index in [9.17, 15) is 24.0 Å². The lowest BCUT2D eigenvalue weighted by Gasteiger charge is -2.20. The zero-order chi connectivity index (χ0) is 33.1. The highest BCUT2D eigenvalue weighted by Gasteiger charge is 2.35. The Kier molecular flexibility index (Phi) is 8.65. The van der Waals surface area contributed by atoms with Gasteiger partial charge in [-0.3, -0.25) is 24.1 Å². The zero-order valence-electron chi connectivity index (χ0n) is 24.3. The normalized spacial score (nSPS) is 13.0. The number of rotatable bonds is 11. The van der Waals surface area contributed by atoms with Crippen LogP contribution in [-0.2, 0) is 20.9 Å². The third-order valence-electron chi connectivity index (χ3n) is 7.15. The molecule has 16 nitrogen and oxygen atoms in total. The van der Waals surface area contributed by atoms with Crippen LogP contribution < -0.4 is 27.4 Å². The molecule has 2 aromatic carbocycles. The van der Waals surface area contributed by atoms with Gasteiger partial charge in [-0.05, 0) is 49.2 Å². The molecule has 0 unspecified atom stereocenters. The van der Waals surface area contributed by atoms with Crippen LogP contribution in [0.1, 0.15) is 49.6 Å². The number of esters is 1. The Balaban J connectivity index is 1.24. The van der Waals surface area contributed by atoms with Crippen molar-refractivity contribution in [3.05, 3.63) is 70.8 Å². The van der Waals surface area contributed by atoms with E-state index in [2.05, 4.69) is 25.3 Å². The second kappa shape index (κ2) is 12.8. The highest BCUT2D eigenvalue weighted by Crippen LogP contribution is 2.26. The van der Waals surface area contributed by atoms with Crippen LogP contribution in [0.3, 0.4) is 0 Å². The topological polar surface area (TPSA) is 243 Å². The minimum Gasteiger partial charge on any atom is -0.467 e. The number of nitrogens with zero attached hydrogens (tertiary/aromatic N) is 6. The maximum atomic E-state index is 15.2. The van der Waals surface area contributed by atoms with Gasteiger partial charge in [-0.25, -0.2) is 19.2 Å². The van der Waals surface area contributed by atoms with Gasteiger partial charge in [0.25, 0.3) is 17.7 Å². The number of methoxy groups -OCH3 is 1. The highest BCUT2D eigenvalue weighted by molar-refractivity contribution is 6.21. The predicted octanol–water partition coefficient (Wildman–Crippen LogP) is 0.816. The highest BCUT2D eigenvalue weighted by atomic mass is 19.1. The van der Waals surface area contributed by atoms with E-state index < -0.39 is 41.1 Å². The maximum Gasteiger partial charge on any atom is 0.328 e. The maximum absolute atomic E-state index is 15.2. The molecule has 17 heteroatoms. The third-order valence-corrected chi connectivity index (χ3v) is 7.15. The molecule has 236 valence electrons. The Morgan fingerprint density at radius 3 is 2.54 bits per heavy atom. The summed E-state index contributed by atoms with van der Waals surface area (Å²) in [5.74, 6) is -3.81. The summed E-state index contributed by atoms with van der Waals surface area (Å²) in [6.07, 6.45) is 1.89. The van der Waals surface area contributed by atoms with E-state index in [1.54, 1.807) is 0 Å². The summed E-state index contributed by atoms with van der Waals surface area (Å²) in [6.45, 7) is -0.179. The monoisotopic (exact) mass is 630 g/mol. The average molecular weight is 631 g/mol. The van der Waals surface area contributed by atoms with Gasteiger partial charge in [-0.1, -0.05) is 0 Å². The van der Waals surface area contributed by atoms with Gasteiger partial charge in [0.1, 0.15) is 11.9 Å². The number of amides is 4. The van der Waals surface area contributed by atoms with E-state index in [1.165, 1.54) is 30.5 Å². The Labute approximate surface area is 259 Å². The Morgan fingerprint density at radius 2 is 1.83 bits per heavy atom. The summed E-state index contributed by atoms with van der Waals surface area (Å²) in [5.41, 5.74) is 18.2. The number of nitrogen functional groups attached to an aromatic ring is 3. The lowest BCUT2D eigenvalue weighted by Crippen LogP contribution is -2.42. The standard InChI is InChI=1S/C29H27FN10O6/c1-46-28(45)21(3-2-8-40-26(43)17-6-4-14(31)9-19(17)27(40)44)36-25(42)18-7-5-16(10-20(18)30)39(13-41)12-15-11-34-24-22(35-15)23(32)37-29(33)38-24/h4-7,9-11,13,21H,2-3,8,12,31H2,1H3,(H,36,42)(H4,32,33,34,37,38)/t21-/m0/s1. The minimum atomic E-state index is -1.22. The fraction of sp³-hybridized carbons (Fsp3) is 0.207. The molecule has 0 aliphatic carbocycles. The van der Waals surface area contributed by atoms with Gasteiger partial charge in [0, 0.05) is 17.9 Å². The van der Waals surface area contributed by atoms with Crippen LogP contribution in [0.15, 0.2) is 42.6 Å². The first-order chi connectivity index (χ1) is 22.0. The Hall–Kier alpha value is -6.26. The molecule has 4 amide bonds. The molecule has 0 saturated heterocycles. The second-order valence-electron chi connectivity index (χ2n) is 10.2. The Morgan fingerprint density at radius 1 is 1.07 bits per heavy atom. The summed E-state index contributed by atoms with van der Waals surface area (Å²) < 4.78 is 20.0. The lowest BCUT2D eigenvalue weighted by molar-refractivity contribution is -0.143. The number of nitrogens with one attached hydrogen (secondary N) is 1. The number of ether oxygens (including phenoxy) is 1. The summed E-state index contributed by atoms with van der Waals surface area (Å²) in [7, 11) is 1.12. The largest absolute Gasteiger partial charge is 0.467 e. The fourth-order valence-corrected chi connectivity index (χ4v) is 4.88. The van der Waals surface area contributed by atoms with Gasteiger partial charge >= 0.3 is 5.97 Å². The van der Waals surface area contributed by atoms with Crippen molar-refractivity contribution in [2.24, 2.45) is 0 Å². The van der Waals surface area contributed by atoms with Gasteiger partial charge in [-0.15, -0.1) is 0 Å². The van der Waals surface area contributed by atoms with Crippen molar-refractivity contribution in [1.29, 1.82) is 0 Å². The average Bonchev–Trinajstić information content (AvgIpc) is 3.26. The SMILES string of the molecule is COC(=O)[C@H](CCCN1C(=O)c2ccc(N)cc2C1=O)NC(=O)c1ccc(N(C=O)Cc2cnc3nc(N)nc(N)c3n2)cc1F. The number of nitrogens with two attached hydrogens (primary N) is 3. The van der Waals surface area contributed by atoms with E-state index in [-0.39, 0.29) is 71.4 Å². The number of imide groups is 1. The number of hydrogen-bond donors (Lipinski definition) is 4. The molecule has 0 bridgehead atoms. The van der Waals surface area contributed by atoms with Crippen LogP contribution in [0.25, 0.3) is 11.2 Å². The van der Waals surface area contributed by atoms with E-state index in [1.807, 2.05) is 0 Å². The molecule has 4 aromatic rings. The van der Waals surface area contributed by atoms with Crippen LogP contribution in [-0.4, -0.2) is 74.6 Å². The van der Waals surface area contributed by atoms with E-state index in [4.69, 9.17) is 21.9 Å². The van der Waals surface area contributed by atoms with Crippen molar-refractivity contribution in [3.8, 4) is 0 Å². The number of hydrogen-bond acceptors (Lipinski definition) is 13. The van der Waals surface area contributed by atoms with Gasteiger partial charge in [0.05, 0.1) is 42.2 Å². The molecule has 5 rings (SSSR count). The van der Waals surface area contributed by atoms with Gasteiger partial charge in [-0.2, -0.15) is 9.97 Å². The predicted molar refractivity (Wildman–Crippen MR) is 161 cm³/mol. The van der Waals surface area contributed by atoms with Crippen LogP contribution in [0, 0.1) is 5.82 Å². The number of carbonyl (C=O) groups excluding carboxylic acids is 5. The number of carbonyl (C=O) groups is 5. The molecule has 3 heterocycles. The second-order valence-corrected chi connectivity index (χ2v) is 10.2. The molecule has 46 heavy (non-hydrogen) atoms. The number of aromatic nitrogens is 4. The number of anilines is 4. The van der Waals surface area contributed by atoms with Crippen molar-refractivity contribution >= 4 is 64.4 Å². The molecule has 2 aromatic heterocycles. The summed E-state index contributed by atoms with van der Waals surface area (Å²) >= 11 is 0. The van der Waals surface area contributed by atoms with Crippen LogP contribution in [0.5, 0.6) is 0 Å². The first kappa shape index (κ1) is 31.2. The van der Waals surface area contributed by atoms with Crippen molar-refractivity contribution in [2.75, 3.05) is 35.8 Å². The quantitative estimate of drug-likeness (QED) is 0.0777. The zero-order valence-corrected chi connectivity index (χ0v) is 24.3. The van der Waals surface area contributed by atoms with E-state index >= 15 is 4.39 Å². The molecular formula is C29H27FN10O6. The summed E-state index contributed by atoms with van der Waals surface area (Å²) in [4.78, 5) is 81.1. The smallest absolute Gasteiger partial charge is 0.328 e. The van der Waals surface area contributed by atoms with E-state index in [0.717, 1.165) is 29.0 Å². The van der Waals surface area contributed by atoms with Crippen LogP contribution in [0.2, 0.25) is 0 Å². The number of halogens is 1. The lowest BCUT2D eigenvalue weighted by atomic mass is 10.1. The molecule has 0 spiro atoms. The van der Waals surface area contributed by atoms with Crippen LogP contribution >= 0.6 is 0 Å². The minimum absolute atomic E-state index is 0.00428. The number of benzene rings is 2. The van der Waals surface area contributed by atoms with Crippen molar-refractivity contribution in [1.82, 2.24) is 30.2 Å². The first-order valence-corrected chi connectivity index (χ1v) is 13.7. The van der Waals surface area contributed by atoms with E-state index in [0.29, 0.717) is 12.1 Å². The summed E-state index contributed by atoms with van der Waals surface area (Å²) in [5, 5.41) is 2.43. The fourth-order valence-electron chi connectivity index (χ4n) is 4.88. The van der Waals surface area contributed by atoms with Gasteiger partial charge in [0.2, 0.25) is 12.4 Å². The molecule has 1 atom stereocenters. The molecule has 0 radical (unpaired) electrons. The molecule has 0 fully saturated rings. The van der Waals surface area contributed by atoms with Crippen molar-refractivity contribution in [2.45, 2.75) is 25.4 Å². The summed E-state index contributed by atoms with van der Waals surface area (Å²) in [6, 6.07) is 6.64. The number of fused-ring (bicyclic) bond motifs is 2. The molecule has 1 aliphatic rings. The van der Waals surface area contributed by atoms with Gasteiger partial charge < -0.3 is 32.2 Å². The third kappa shape index (κ3) is 6.19. The Bertz CT molecular complexity index is 1900. The van der Waals surface area contributed by atoms with Crippen molar-refractivity contribution < 1.29 is 33.1 Å². The van der Waals surface area contributed by atoms with Crippen LogP contribution in [0.4, 0.5) is 27.5 Å². The molecule has 1 aliphatic heterocycles. The van der Waals surface area contributed by atoms with Crippen molar-refractivity contribution in [3.63, 3.8) is 0 Å².